The Balaban J connectivity index is 2.22. The van der Waals surface area contributed by atoms with Gasteiger partial charge < -0.3 is 4.74 Å². The van der Waals surface area contributed by atoms with Gasteiger partial charge in [0.2, 0.25) is 5.78 Å². The number of Topliss-reactive ketones (excluding diaryl/α,β-unsaturated/α-hetero) is 1. The number of ether oxygens (including phenoxy) is 1. The molecule has 0 spiro atoms. The molecule has 1 fully saturated rings. The summed E-state index contributed by atoms with van der Waals surface area (Å²) >= 11 is 1.51. The molecule has 0 saturated heterocycles. The molecule has 1 aliphatic carbocycles. The summed E-state index contributed by atoms with van der Waals surface area (Å²) < 4.78 is 5.52. The van der Waals surface area contributed by atoms with E-state index in [0.717, 1.165) is 30.6 Å². The summed E-state index contributed by atoms with van der Waals surface area (Å²) in [6.45, 7) is 0. The Morgan fingerprint density at radius 2 is 2.13 bits per heavy atom. The van der Waals surface area contributed by atoms with Gasteiger partial charge in [0.05, 0.1) is 4.88 Å². The Labute approximate surface area is 94.3 Å². The van der Waals surface area contributed by atoms with Crippen LogP contribution in [0.1, 0.15) is 41.8 Å². The Kier molecular flexibility index (Phi) is 3.22. The molecular formula is C12H16O2S. The number of carbonyl (C=O) groups excluding carboxylic acids is 1. The van der Waals surface area contributed by atoms with Crippen LogP contribution in [0, 0.1) is 0 Å². The molecule has 3 heteroatoms. The second-order valence-electron chi connectivity index (χ2n) is 4.07. The van der Waals surface area contributed by atoms with E-state index < -0.39 is 5.60 Å². The zero-order valence-electron chi connectivity index (χ0n) is 8.99. The average Bonchev–Trinajstić information content (AvgIpc) is 2.82. The zero-order valence-corrected chi connectivity index (χ0v) is 9.81. The summed E-state index contributed by atoms with van der Waals surface area (Å²) in [6.07, 6.45) is 5.18. The summed E-state index contributed by atoms with van der Waals surface area (Å²) in [5.41, 5.74) is -0.525. The minimum Gasteiger partial charge on any atom is -0.370 e. The van der Waals surface area contributed by atoms with Gasteiger partial charge in [0, 0.05) is 7.11 Å². The van der Waals surface area contributed by atoms with Gasteiger partial charge in [-0.05, 0) is 24.3 Å². The van der Waals surface area contributed by atoms with Crippen molar-refractivity contribution in [3.05, 3.63) is 22.4 Å². The lowest BCUT2D eigenvalue weighted by Crippen LogP contribution is -2.42. The van der Waals surface area contributed by atoms with E-state index >= 15 is 0 Å². The highest BCUT2D eigenvalue weighted by molar-refractivity contribution is 7.12. The summed E-state index contributed by atoms with van der Waals surface area (Å²) in [6, 6.07) is 3.81. The predicted molar refractivity (Wildman–Crippen MR) is 61.5 cm³/mol. The molecule has 1 saturated carbocycles. The van der Waals surface area contributed by atoms with Crippen LogP contribution in [0.5, 0.6) is 0 Å². The molecule has 82 valence electrons. The molecule has 0 unspecified atom stereocenters. The smallest absolute Gasteiger partial charge is 0.204 e. The van der Waals surface area contributed by atoms with Crippen molar-refractivity contribution in [3.8, 4) is 0 Å². The van der Waals surface area contributed by atoms with Crippen molar-refractivity contribution in [2.45, 2.75) is 37.7 Å². The molecule has 0 bridgehead atoms. The van der Waals surface area contributed by atoms with Crippen LogP contribution in [-0.4, -0.2) is 18.5 Å². The van der Waals surface area contributed by atoms with Gasteiger partial charge in [-0.1, -0.05) is 25.3 Å². The minimum absolute atomic E-state index is 0.180. The summed E-state index contributed by atoms with van der Waals surface area (Å²) in [4.78, 5) is 13.1. The van der Waals surface area contributed by atoms with Gasteiger partial charge in [-0.25, -0.2) is 0 Å². The molecule has 2 rings (SSSR count). The van der Waals surface area contributed by atoms with Crippen LogP contribution >= 0.6 is 11.3 Å². The lowest BCUT2D eigenvalue weighted by atomic mass is 9.81. The molecule has 0 N–H and O–H groups in total. The van der Waals surface area contributed by atoms with E-state index in [9.17, 15) is 4.79 Å². The van der Waals surface area contributed by atoms with E-state index in [-0.39, 0.29) is 5.78 Å². The topological polar surface area (TPSA) is 26.3 Å². The van der Waals surface area contributed by atoms with Crippen LogP contribution in [0.3, 0.4) is 0 Å². The van der Waals surface area contributed by atoms with Crippen LogP contribution in [0.4, 0.5) is 0 Å². The lowest BCUT2D eigenvalue weighted by Gasteiger charge is -2.34. The Morgan fingerprint density at radius 3 is 2.67 bits per heavy atom. The zero-order chi connectivity index (χ0) is 10.7. The highest BCUT2D eigenvalue weighted by atomic mass is 32.1. The van der Waals surface area contributed by atoms with Crippen LogP contribution in [0.25, 0.3) is 0 Å². The quantitative estimate of drug-likeness (QED) is 0.736. The van der Waals surface area contributed by atoms with Crippen LogP contribution < -0.4 is 0 Å². The third kappa shape index (κ3) is 1.99. The first-order valence-corrected chi connectivity index (χ1v) is 6.30. The third-order valence-electron chi connectivity index (χ3n) is 3.21. The number of carbonyl (C=O) groups is 1. The average molecular weight is 224 g/mol. The maximum Gasteiger partial charge on any atom is 0.204 e. The molecule has 2 nitrogen and oxygen atoms in total. The lowest BCUT2D eigenvalue weighted by molar-refractivity contribution is -0.0190. The molecule has 0 amide bonds. The van der Waals surface area contributed by atoms with Gasteiger partial charge in [0.15, 0.2) is 0 Å². The summed E-state index contributed by atoms with van der Waals surface area (Å²) in [5, 5.41) is 1.94. The molecule has 1 heterocycles. The first-order valence-electron chi connectivity index (χ1n) is 5.42. The third-order valence-corrected chi connectivity index (χ3v) is 4.08. The van der Waals surface area contributed by atoms with E-state index in [1.54, 1.807) is 7.11 Å². The maximum atomic E-state index is 12.3. The van der Waals surface area contributed by atoms with Crippen molar-refractivity contribution in [2.75, 3.05) is 7.11 Å². The van der Waals surface area contributed by atoms with E-state index in [0.29, 0.717) is 0 Å². The predicted octanol–water partition coefficient (Wildman–Crippen LogP) is 3.28. The number of hydrogen-bond donors (Lipinski definition) is 0. The fraction of sp³-hybridized carbons (Fsp3) is 0.583. The fourth-order valence-electron chi connectivity index (χ4n) is 2.28. The van der Waals surface area contributed by atoms with Crippen LogP contribution in [-0.2, 0) is 4.74 Å². The Hall–Kier alpha value is -0.670. The molecule has 1 aromatic rings. The first-order chi connectivity index (χ1) is 7.28. The van der Waals surface area contributed by atoms with E-state index in [4.69, 9.17) is 4.74 Å². The molecule has 0 aliphatic heterocycles. The van der Waals surface area contributed by atoms with Gasteiger partial charge in [0.1, 0.15) is 5.60 Å². The number of hydrogen-bond acceptors (Lipinski definition) is 3. The molecule has 1 aromatic heterocycles. The largest absolute Gasteiger partial charge is 0.370 e. The molecule has 0 atom stereocenters. The standard InChI is InChI=1S/C12H16O2S/c1-14-12(7-3-2-4-8-12)11(13)10-6-5-9-15-10/h5-6,9H,2-4,7-8H2,1H3. The Bertz CT molecular complexity index is 323. The monoisotopic (exact) mass is 224 g/mol. The van der Waals surface area contributed by atoms with Gasteiger partial charge in [-0.3, -0.25) is 4.79 Å². The highest BCUT2D eigenvalue weighted by Crippen LogP contribution is 2.34. The summed E-state index contributed by atoms with van der Waals surface area (Å²) in [7, 11) is 1.66. The van der Waals surface area contributed by atoms with Gasteiger partial charge in [-0.2, -0.15) is 0 Å². The normalized spacial score (nSPS) is 20.1. The van der Waals surface area contributed by atoms with E-state index in [1.165, 1.54) is 17.8 Å². The first kappa shape index (κ1) is 10.8. The maximum absolute atomic E-state index is 12.3. The van der Waals surface area contributed by atoms with Crippen molar-refractivity contribution < 1.29 is 9.53 Å². The minimum atomic E-state index is -0.525. The number of thiophene rings is 1. The van der Waals surface area contributed by atoms with Gasteiger partial charge in [-0.15, -0.1) is 11.3 Å². The SMILES string of the molecule is COC1(C(=O)c2cccs2)CCCCC1. The van der Waals surface area contributed by atoms with Crippen LogP contribution in [0.15, 0.2) is 17.5 Å². The van der Waals surface area contributed by atoms with Crippen molar-refractivity contribution in [2.24, 2.45) is 0 Å². The highest BCUT2D eigenvalue weighted by Gasteiger charge is 2.40. The van der Waals surface area contributed by atoms with Crippen molar-refractivity contribution in [3.63, 3.8) is 0 Å². The molecule has 0 aromatic carbocycles. The Morgan fingerprint density at radius 1 is 1.40 bits per heavy atom. The summed E-state index contributed by atoms with van der Waals surface area (Å²) in [5.74, 6) is 0.180. The van der Waals surface area contributed by atoms with Crippen molar-refractivity contribution in [1.29, 1.82) is 0 Å². The van der Waals surface area contributed by atoms with E-state index in [1.807, 2.05) is 17.5 Å². The van der Waals surface area contributed by atoms with Crippen LogP contribution in [0.2, 0.25) is 0 Å². The van der Waals surface area contributed by atoms with Crippen molar-refractivity contribution >= 4 is 17.1 Å². The number of ketones is 1. The molecule has 0 radical (unpaired) electrons. The molecule has 1 aliphatic rings. The van der Waals surface area contributed by atoms with E-state index in [2.05, 4.69) is 0 Å². The van der Waals surface area contributed by atoms with Gasteiger partial charge in [0.25, 0.3) is 0 Å². The number of methoxy groups -OCH3 is 1. The van der Waals surface area contributed by atoms with Gasteiger partial charge >= 0.3 is 0 Å². The van der Waals surface area contributed by atoms with Crippen molar-refractivity contribution in [1.82, 2.24) is 0 Å². The second-order valence-corrected chi connectivity index (χ2v) is 5.01. The number of rotatable bonds is 3. The molecular weight excluding hydrogens is 208 g/mol. The molecule has 15 heavy (non-hydrogen) atoms. The second kappa shape index (κ2) is 4.45. The fourth-order valence-corrected chi connectivity index (χ4v) is 3.03.